The Labute approximate surface area is 229 Å². The molecule has 2 fully saturated rings. The molecule has 1 amide bonds. The van der Waals surface area contributed by atoms with Crippen LogP contribution in [0.25, 0.3) is 10.8 Å². The quantitative estimate of drug-likeness (QED) is 0.378. The Hall–Kier alpha value is -3.80. The fraction of sp³-hybridized carbons (Fsp3) is 0.400. The number of pyridine rings is 1. The molecule has 2 aliphatic heterocycles. The fourth-order valence-corrected chi connectivity index (χ4v) is 7.43. The highest BCUT2D eigenvalue weighted by Crippen LogP contribution is 2.30. The minimum Gasteiger partial charge on any atom is -0.467 e. The van der Waals surface area contributed by atoms with E-state index in [-0.39, 0.29) is 29.4 Å². The standard InChI is InChI=1S/C25H27N7O5S2/c1-37-24(34)20(12-16-10-15-4-6-28-22(27)18(15)11-17(16)13-26)32-9-5-19(23(32)33)30-39(35,36)21-14-29-25(38-21)31-7-2-3-8-31/h4,6,10-11,14,19-20,30H,2-3,5,7-9,12H2,1H3,(H2,27,28)/t19-,20?/m0/s1. The summed E-state index contributed by atoms with van der Waals surface area (Å²) >= 11 is 1.07. The van der Waals surface area contributed by atoms with Crippen molar-refractivity contribution < 1.29 is 22.7 Å². The molecule has 0 aliphatic carbocycles. The predicted octanol–water partition coefficient (Wildman–Crippen LogP) is 1.41. The van der Waals surface area contributed by atoms with Crippen molar-refractivity contribution >= 4 is 55.0 Å². The molecule has 2 aliphatic rings. The van der Waals surface area contributed by atoms with Crippen molar-refractivity contribution in [2.45, 2.75) is 42.0 Å². The second kappa shape index (κ2) is 10.8. The number of rotatable bonds is 8. The number of carbonyl (C=O) groups is 2. The number of carbonyl (C=O) groups excluding carboxylic acids is 2. The number of aromatic nitrogens is 2. The van der Waals surface area contributed by atoms with E-state index < -0.39 is 34.0 Å². The number of nitrogens with two attached hydrogens (primary N) is 1. The summed E-state index contributed by atoms with van der Waals surface area (Å²) in [6.07, 6.45) is 5.10. The number of anilines is 2. The molecule has 4 heterocycles. The average Bonchev–Trinajstić information content (AvgIpc) is 3.69. The van der Waals surface area contributed by atoms with E-state index in [2.05, 4.69) is 20.8 Å². The number of nitrogens with zero attached hydrogens (tertiary/aromatic N) is 5. The predicted molar refractivity (Wildman–Crippen MR) is 144 cm³/mol. The number of nitriles is 1. The van der Waals surface area contributed by atoms with Crippen molar-refractivity contribution in [1.29, 1.82) is 5.26 Å². The van der Waals surface area contributed by atoms with Crippen molar-refractivity contribution in [1.82, 2.24) is 19.6 Å². The monoisotopic (exact) mass is 569 g/mol. The zero-order valence-corrected chi connectivity index (χ0v) is 22.8. The second-order valence-corrected chi connectivity index (χ2v) is 12.4. The third-order valence-electron chi connectivity index (χ3n) is 7.05. The highest BCUT2D eigenvalue weighted by molar-refractivity contribution is 7.91. The highest BCUT2D eigenvalue weighted by Gasteiger charge is 2.42. The number of hydrogen-bond donors (Lipinski definition) is 2. The van der Waals surface area contributed by atoms with Gasteiger partial charge in [-0.3, -0.25) is 4.79 Å². The van der Waals surface area contributed by atoms with Crippen LogP contribution in [0, 0.1) is 11.3 Å². The number of nitrogen functional groups attached to an aromatic ring is 1. The lowest BCUT2D eigenvalue weighted by molar-refractivity contribution is -0.151. The first kappa shape index (κ1) is 26.8. The number of thiazole rings is 1. The van der Waals surface area contributed by atoms with Crippen LogP contribution in [0.3, 0.4) is 0 Å². The molecule has 0 saturated carbocycles. The van der Waals surface area contributed by atoms with Gasteiger partial charge < -0.3 is 20.3 Å². The Kier molecular flexibility index (Phi) is 7.39. The molecule has 1 aromatic carbocycles. The number of esters is 1. The third-order valence-corrected chi connectivity index (χ3v) is 10.0. The molecule has 204 valence electrons. The summed E-state index contributed by atoms with van der Waals surface area (Å²) in [5.74, 6) is -0.924. The van der Waals surface area contributed by atoms with Crippen LogP contribution in [0.4, 0.5) is 10.9 Å². The van der Waals surface area contributed by atoms with E-state index in [4.69, 9.17) is 10.5 Å². The number of amides is 1. The van der Waals surface area contributed by atoms with Crippen molar-refractivity contribution in [2.75, 3.05) is 37.4 Å². The zero-order chi connectivity index (χ0) is 27.7. The molecule has 2 atom stereocenters. The third kappa shape index (κ3) is 5.25. The van der Waals surface area contributed by atoms with Crippen LogP contribution in [0.2, 0.25) is 0 Å². The lowest BCUT2D eigenvalue weighted by atomic mass is 9.96. The molecule has 0 radical (unpaired) electrons. The minimum atomic E-state index is -4.00. The summed E-state index contributed by atoms with van der Waals surface area (Å²) in [4.78, 5) is 37.9. The van der Waals surface area contributed by atoms with E-state index in [1.54, 1.807) is 24.4 Å². The summed E-state index contributed by atoms with van der Waals surface area (Å²) in [5.41, 5.74) is 6.77. The highest BCUT2D eigenvalue weighted by atomic mass is 32.2. The normalized spacial score (nSPS) is 18.5. The molecule has 14 heteroatoms. The molecule has 0 spiro atoms. The number of hydrogen-bond acceptors (Lipinski definition) is 11. The molecule has 2 aromatic heterocycles. The topological polar surface area (TPSA) is 172 Å². The summed E-state index contributed by atoms with van der Waals surface area (Å²) < 4.78 is 33.7. The molecule has 5 rings (SSSR count). The van der Waals surface area contributed by atoms with Gasteiger partial charge in [-0.1, -0.05) is 11.3 Å². The summed E-state index contributed by atoms with van der Waals surface area (Å²) in [6.45, 7) is 1.81. The van der Waals surface area contributed by atoms with Crippen molar-refractivity contribution in [3.05, 3.63) is 41.7 Å². The number of ether oxygens (including phenoxy) is 1. The molecular weight excluding hydrogens is 542 g/mol. The molecule has 3 N–H and O–H groups in total. The maximum atomic E-state index is 13.4. The first-order chi connectivity index (χ1) is 18.7. The van der Waals surface area contributed by atoms with Gasteiger partial charge >= 0.3 is 5.97 Å². The zero-order valence-electron chi connectivity index (χ0n) is 21.2. The van der Waals surface area contributed by atoms with Gasteiger partial charge in [0.25, 0.3) is 10.0 Å². The van der Waals surface area contributed by atoms with Crippen LogP contribution >= 0.6 is 11.3 Å². The van der Waals surface area contributed by atoms with Gasteiger partial charge in [0, 0.05) is 37.6 Å². The van der Waals surface area contributed by atoms with Crippen LogP contribution in [-0.4, -0.2) is 74.0 Å². The fourth-order valence-electron chi connectivity index (χ4n) is 5.02. The van der Waals surface area contributed by atoms with Gasteiger partial charge in [-0.05, 0) is 48.4 Å². The maximum absolute atomic E-state index is 13.4. The molecule has 1 unspecified atom stereocenters. The summed E-state index contributed by atoms with van der Waals surface area (Å²) in [7, 11) is -2.79. The largest absolute Gasteiger partial charge is 0.467 e. The van der Waals surface area contributed by atoms with E-state index >= 15 is 0 Å². The number of likely N-dealkylation sites (tertiary alicyclic amines) is 1. The van der Waals surface area contributed by atoms with E-state index in [1.807, 2.05) is 4.90 Å². The van der Waals surface area contributed by atoms with Crippen LogP contribution in [-0.2, 0) is 30.8 Å². The van der Waals surface area contributed by atoms with Crippen LogP contribution < -0.4 is 15.4 Å². The molecule has 0 bridgehead atoms. The van der Waals surface area contributed by atoms with Gasteiger partial charge in [0.2, 0.25) is 5.91 Å². The lowest BCUT2D eigenvalue weighted by Gasteiger charge is -2.26. The Morgan fingerprint density at radius 2 is 2.08 bits per heavy atom. The van der Waals surface area contributed by atoms with Gasteiger partial charge in [-0.15, -0.1) is 0 Å². The van der Waals surface area contributed by atoms with Crippen molar-refractivity contribution in [3.63, 3.8) is 0 Å². The Morgan fingerprint density at radius 3 is 2.79 bits per heavy atom. The van der Waals surface area contributed by atoms with E-state index in [1.165, 1.54) is 18.2 Å². The number of nitrogens with one attached hydrogen (secondary N) is 1. The van der Waals surface area contributed by atoms with E-state index in [9.17, 15) is 23.3 Å². The van der Waals surface area contributed by atoms with Gasteiger partial charge in [0.05, 0.1) is 24.9 Å². The Balaban J connectivity index is 1.36. The molecule has 2 saturated heterocycles. The Morgan fingerprint density at radius 1 is 1.31 bits per heavy atom. The number of sulfonamides is 1. The van der Waals surface area contributed by atoms with Crippen molar-refractivity contribution in [3.8, 4) is 6.07 Å². The smallest absolute Gasteiger partial charge is 0.328 e. The summed E-state index contributed by atoms with van der Waals surface area (Å²) in [6, 6.07) is 5.11. The van der Waals surface area contributed by atoms with Crippen LogP contribution in [0.15, 0.2) is 34.8 Å². The minimum absolute atomic E-state index is 0.00693. The first-order valence-electron chi connectivity index (χ1n) is 12.4. The van der Waals surface area contributed by atoms with Gasteiger partial charge in [0.15, 0.2) is 9.34 Å². The van der Waals surface area contributed by atoms with Gasteiger partial charge in [-0.2, -0.15) is 9.98 Å². The first-order valence-corrected chi connectivity index (χ1v) is 14.7. The summed E-state index contributed by atoms with van der Waals surface area (Å²) in [5, 5.41) is 11.7. The van der Waals surface area contributed by atoms with Crippen LogP contribution in [0.5, 0.6) is 0 Å². The molecule has 39 heavy (non-hydrogen) atoms. The molecule has 3 aromatic rings. The van der Waals surface area contributed by atoms with Gasteiger partial charge in [0.1, 0.15) is 17.9 Å². The second-order valence-electron chi connectivity index (χ2n) is 9.43. The SMILES string of the molecule is COC(=O)C(Cc1cc2ccnc(N)c2cc1C#N)N1CC[C@H](NS(=O)(=O)c2cnc(N3CCCC3)s2)C1=O. The molecular formula is C25H27N7O5S2. The average molecular weight is 570 g/mol. The van der Waals surface area contributed by atoms with Gasteiger partial charge in [-0.25, -0.2) is 23.2 Å². The molecule has 12 nitrogen and oxygen atoms in total. The van der Waals surface area contributed by atoms with E-state index in [0.717, 1.165) is 42.7 Å². The Bertz CT molecular complexity index is 1580. The number of benzene rings is 1. The lowest BCUT2D eigenvalue weighted by Crippen LogP contribution is -2.48. The maximum Gasteiger partial charge on any atom is 0.328 e. The number of fused-ring (bicyclic) bond motifs is 1. The number of methoxy groups -OCH3 is 1. The van der Waals surface area contributed by atoms with E-state index in [0.29, 0.717) is 21.6 Å². The van der Waals surface area contributed by atoms with Crippen molar-refractivity contribution in [2.24, 2.45) is 0 Å². The van der Waals surface area contributed by atoms with Crippen LogP contribution in [0.1, 0.15) is 30.4 Å².